The highest BCUT2D eigenvalue weighted by Gasteiger charge is 2.13. The molecule has 2 aromatic carbocycles. The van der Waals surface area contributed by atoms with Gasteiger partial charge in [0.2, 0.25) is 0 Å². The van der Waals surface area contributed by atoms with Gasteiger partial charge < -0.3 is 0 Å². The van der Waals surface area contributed by atoms with Gasteiger partial charge in [0, 0.05) is 23.0 Å². The molecule has 2 rings (SSSR count). The topological polar surface area (TPSA) is 60.2 Å². The highest BCUT2D eigenvalue weighted by molar-refractivity contribution is 9.10. The Morgan fingerprint density at radius 2 is 1.85 bits per heavy atom. The van der Waals surface area contributed by atoms with Crippen LogP contribution < -0.4 is 0 Å². The van der Waals surface area contributed by atoms with Gasteiger partial charge >= 0.3 is 0 Å². The van der Waals surface area contributed by atoms with Gasteiger partial charge in [-0.25, -0.2) is 4.39 Å². The van der Waals surface area contributed by atoms with Crippen LogP contribution in [-0.4, -0.2) is 10.7 Å². The normalized spacial score (nSPS) is 10.3. The minimum absolute atomic E-state index is 0.00210. The molecule has 0 spiro atoms. The van der Waals surface area contributed by atoms with Crippen LogP contribution in [-0.2, 0) is 6.42 Å². The maximum atomic E-state index is 13.6. The number of carbonyl (C=O) groups excluding carboxylic acids is 1. The number of carbonyl (C=O) groups is 1. The molecular formula is C14H9BrFNO3. The molecule has 0 radical (unpaired) electrons. The molecular weight excluding hydrogens is 329 g/mol. The quantitative estimate of drug-likeness (QED) is 0.482. The Bertz CT molecular complexity index is 671. The fraction of sp³-hybridized carbons (Fsp3) is 0.0714. The third-order valence-corrected chi connectivity index (χ3v) is 3.23. The number of non-ortho nitro benzene ring substituents is 1. The van der Waals surface area contributed by atoms with Crippen LogP contribution in [0.15, 0.2) is 46.9 Å². The third kappa shape index (κ3) is 3.27. The first-order chi connectivity index (χ1) is 9.47. The van der Waals surface area contributed by atoms with Gasteiger partial charge in [-0.15, -0.1) is 0 Å². The molecule has 0 aromatic heterocycles. The molecule has 0 fully saturated rings. The number of hydrogen-bond donors (Lipinski definition) is 0. The van der Waals surface area contributed by atoms with E-state index in [0.717, 1.165) is 0 Å². The molecule has 0 unspecified atom stereocenters. The Kier molecular flexibility index (Phi) is 4.24. The summed E-state index contributed by atoms with van der Waals surface area (Å²) in [6.07, 6.45) is -0.00856. The molecule has 4 nitrogen and oxygen atoms in total. The van der Waals surface area contributed by atoms with Crippen molar-refractivity contribution in [2.45, 2.75) is 6.42 Å². The maximum absolute atomic E-state index is 13.6. The average molecular weight is 338 g/mol. The monoisotopic (exact) mass is 337 g/mol. The number of rotatable bonds is 4. The number of hydrogen-bond acceptors (Lipinski definition) is 3. The van der Waals surface area contributed by atoms with Crippen molar-refractivity contribution < 1.29 is 14.1 Å². The summed E-state index contributed by atoms with van der Waals surface area (Å²) in [5.74, 6) is -0.960. The van der Waals surface area contributed by atoms with Crippen molar-refractivity contribution in [2.24, 2.45) is 0 Å². The van der Waals surface area contributed by atoms with E-state index in [1.165, 1.54) is 42.5 Å². The Balaban J connectivity index is 2.19. The third-order valence-electron chi connectivity index (χ3n) is 2.74. The van der Waals surface area contributed by atoms with Crippen molar-refractivity contribution in [3.63, 3.8) is 0 Å². The molecule has 0 aliphatic rings. The number of nitrogens with zero attached hydrogens (tertiary/aromatic N) is 1. The second-order valence-corrected chi connectivity index (χ2v) is 5.06. The van der Waals surface area contributed by atoms with Crippen LogP contribution in [0.2, 0.25) is 0 Å². The van der Waals surface area contributed by atoms with E-state index in [4.69, 9.17) is 0 Å². The number of benzene rings is 2. The largest absolute Gasteiger partial charge is 0.294 e. The van der Waals surface area contributed by atoms with E-state index in [1.807, 2.05) is 0 Å². The van der Waals surface area contributed by atoms with Gasteiger partial charge in [-0.3, -0.25) is 14.9 Å². The lowest BCUT2D eigenvalue weighted by atomic mass is 10.0. The lowest BCUT2D eigenvalue weighted by molar-refractivity contribution is -0.384. The molecule has 20 heavy (non-hydrogen) atoms. The first-order valence-electron chi connectivity index (χ1n) is 5.69. The summed E-state index contributed by atoms with van der Waals surface area (Å²) in [6, 6.07) is 9.77. The van der Waals surface area contributed by atoms with Crippen molar-refractivity contribution >= 4 is 27.4 Å². The number of ketones is 1. The van der Waals surface area contributed by atoms with E-state index < -0.39 is 10.7 Å². The van der Waals surface area contributed by atoms with Crippen molar-refractivity contribution in [1.82, 2.24) is 0 Å². The second kappa shape index (κ2) is 5.92. The minimum atomic E-state index is -0.583. The number of Topliss-reactive ketones (excluding diaryl/α,β-unsaturated/α-hetero) is 1. The molecule has 0 bridgehead atoms. The van der Waals surface area contributed by atoms with Crippen LogP contribution in [0.25, 0.3) is 0 Å². The van der Waals surface area contributed by atoms with Crippen LogP contribution in [0.1, 0.15) is 15.9 Å². The summed E-state index contributed by atoms with van der Waals surface area (Å²) in [7, 11) is 0. The molecule has 0 saturated carbocycles. The molecule has 2 aromatic rings. The average Bonchev–Trinajstić information content (AvgIpc) is 2.42. The fourth-order valence-corrected chi connectivity index (χ4v) is 2.09. The van der Waals surface area contributed by atoms with Gasteiger partial charge in [-0.1, -0.05) is 28.1 Å². The zero-order chi connectivity index (χ0) is 14.7. The molecule has 0 atom stereocenters. The summed E-state index contributed by atoms with van der Waals surface area (Å²) in [5.41, 5.74) is 0.549. The van der Waals surface area contributed by atoms with E-state index in [2.05, 4.69) is 15.9 Å². The van der Waals surface area contributed by atoms with E-state index in [1.54, 1.807) is 0 Å². The van der Waals surface area contributed by atoms with Gasteiger partial charge in [-0.05, 0) is 23.8 Å². The Labute approximate surface area is 122 Å². The lowest BCUT2D eigenvalue weighted by Gasteiger charge is -2.04. The summed E-state index contributed by atoms with van der Waals surface area (Å²) in [4.78, 5) is 22.0. The predicted molar refractivity (Wildman–Crippen MR) is 75.2 cm³/mol. The van der Waals surface area contributed by atoms with Crippen LogP contribution in [0, 0.1) is 15.9 Å². The van der Waals surface area contributed by atoms with Gasteiger partial charge in [0.1, 0.15) is 5.82 Å². The fourth-order valence-electron chi connectivity index (χ4n) is 1.73. The first-order valence-corrected chi connectivity index (χ1v) is 6.48. The Morgan fingerprint density at radius 3 is 2.45 bits per heavy atom. The van der Waals surface area contributed by atoms with Crippen LogP contribution in [0.4, 0.5) is 10.1 Å². The molecule has 6 heteroatoms. The van der Waals surface area contributed by atoms with Crippen molar-refractivity contribution in [2.75, 3.05) is 0 Å². The predicted octanol–water partition coefficient (Wildman–Crippen LogP) is 3.92. The van der Waals surface area contributed by atoms with Gasteiger partial charge in [-0.2, -0.15) is 0 Å². The molecule has 0 aliphatic heterocycles. The van der Waals surface area contributed by atoms with Crippen molar-refractivity contribution in [3.8, 4) is 0 Å². The zero-order valence-corrected chi connectivity index (χ0v) is 11.8. The van der Waals surface area contributed by atoms with E-state index in [0.29, 0.717) is 10.0 Å². The SMILES string of the molecule is O=C(Cc1ccc([N+](=O)[O-])cc1)c1cc(Br)ccc1F. The molecule has 0 amide bonds. The Morgan fingerprint density at radius 1 is 1.20 bits per heavy atom. The van der Waals surface area contributed by atoms with Crippen molar-refractivity contribution in [3.05, 3.63) is 74.0 Å². The molecule has 0 aliphatic carbocycles. The van der Waals surface area contributed by atoms with Crippen LogP contribution in [0.5, 0.6) is 0 Å². The smallest absolute Gasteiger partial charge is 0.269 e. The number of halogens is 2. The molecule has 0 saturated heterocycles. The molecule has 102 valence electrons. The van der Waals surface area contributed by atoms with Gasteiger partial charge in [0.25, 0.3) is 5.69 Å². The second-order valence-electron chi connectivity index (χ2n) is 4.15. The van der Waals surface area contributed by atoms with E-state index >= 15 is 0 Å². The summed E-state index contributed by atoms with van der Waals surface area (Å²) in [6.45, 7) is 0. The van der Waals surface area contributed by atoms with Crippen molar-refractivity contribution in [1.29, 1.82) is 0 Å². The van der Waals surface area contributed by atoms with Gasteiger partial charge in [0.05, 0.1) is 10.5 Å². The number of nitro groups is 1. The van der Waals surface area contributed by atoms with E-state index in [9.17, 15) is 19.3 Å². The first kappa shape index (κ1) is 14.3. The number of nitro benzene ring substituents is 1. The molecule has 0 heterocycles. The highest BCUT2D eigenvalue weighted by atomic mass is 79.9. The van der Waals surface area contributed by atoms with Gasteiger partial charge in [0.15, 0.2) is 5.78 Å². The maximum Gasteiger partial charge on any atom is 0.269 e. The minimum Gasteiger partial charge on any atom is -0.294 e. The molecule has 0 N–H and O–H groups in total. The summed E-state index contributed by atoms with van der Waals surface area (Å²) < 4.78 is 14.2. The van der Waals surface area contributed by atoms with E-state index in [-0.39, 0.29) is 23.5 Å². The van der Waals surface area contributed by atoms with Crippen LogP contribution in [0.3, 0.4) is 0 Å². The Hall–Kier alpha value is -2.08. The summed E-state index contributed by atoms with van der Waals surface area (Å²) in [5, 5.41) is 10.5. The highest BCUT2D eigenvalue weighted by Crippen LogP contribution is 2.18. The van der Waals surface area contributed by atoms with Crippen LogP contribution >= 0.6 is 15.9 Å². The lowest BCUT2D eigenvalue weighted by Crippen LogP contribution is -2.06. The standard InChI is InChI=1S/C14H9BrFNO3/c15-10-3-6-13(16)12(8-10)14(18)7-9-1-4-11(5-2-9)17(19)20/h1-6,8H,7H2. The zero-order valence-electron chi connectivity index (χ0n) is 10.2. The summed E-state index contributed by atoms with van der Waals surface area (Å²) >= 11 is 3.18.